The van der Waals surface area contributed by atoms with Crippen LogP contribution in [-0.2, 0) is 4.79 Å². The van der Waals surface area contributed by atoms with Crippen LogP contribution in [0.4, 0.5) is 0 Å². The zero-order chi connectivity index (χ0) is 15.6. The average molecular weight is 324 g/mol. The van der Waals surface area contributed by atoms with Crippen LogP contribution in [0.1, 0.15) is 26.3 Å². The maximum atomic E-state index is 12.0. The lowest BCUT2D eigenvalue weighted by Crippen LogP contribution is -2.22. The van der Waals surface area contributed by atoms with E-state index in [2.05, 4.69) is 10.2 Å². The van der Waals surface area contributed by atoms with E-state index in [1.54, 1.807) is 6.33 Å². The highest BCUT2D eigenvalue weighted by atomic mass is 35.5. The van der Waals surface area contributed by atoms with E-state index in [0.717, 1.165) is 11.3 Å². The topological polar surface area (TPSA) is 47.8 Å². The Morgan fingerprint density at radius 1 is 1.38 bits per heavy atom. The van der Waals surface area contributed by atoms with Crippen LogP contribution in [0, 0.1) is 12.3 Å². The van der Waals surface area contributed by atoms with Crippen LogP contribution in [0.2, 0.25) is 5.02 Å². The molecule has 1 heterocycles. The number of ketones is 1. The molecule has 1 aromatic heterocycles. The van der Waals surface area contributed by atoms with Crippen LogP contribution < -0.4 is 0 Å². The number of carbonyl (C=O) groups is 1. The molecule has 6 heteroatoms. The van der Waals surface area contributed by atoms with Crippen molar-refractivity contribution < 1.29 is 4.79 Å². The lowest BCUT2D eigenvalue weighted by Gasteiger charge is -2.15. The fourth-order valence-corrected chi connectivity index (χ4v) is 2.84. The first-order valence-electron chi connectivity index (χ1n) is 6.61. The van der Waals surface area contributed by atoms with Crippen molar-refractivity contribution >= 4 is 29.1 Å². The van der Waals surface area contributed by atoms with Crippen molar-refractivity contribution in [1.82, 2.24) is 14.8 Å². The van der Waals surface area contributed by atoms with Crippen molar-refractivity contribution in [1.29, 1.82) is 0 Å². The standard InChI is InChI=1S/C15H18ClN3OS/c1-10-5-6-11(7-12(10)16)19-9-17-18-14(19)21-8-13(20)15(2,3)4/h5-7,9H,8H2,1-4H3. The largest absolute Gasteiger partial charge is 0.298 e. The monoisotopic (exact) mass is 323 g/mol. The van der Waals surface area contributed by atoms with Gasteiger partial charge >= 0.3 is 0 Å². The number of carbonyl (C=O) groups excluding carboxylic acids is 1. The highest BCUT2D eigenvalue weighted by molar-refractivity contribution is 7.99. The summed E-state index contributed by atoms with van der Waals surface area (Å²) in [6, 6.07) is 5.78. The second-order valence-corrected chi connectivity index (χ2v) is 7.23. The van der Waals surface area contributed by atoms with Crippen LogP contribution in [0.3, 0.4) is 0 Å². The first-order chi connectivity index (χ1) is 9.79. The maximum absolute atomic E-state index is 12.0. The summed E-state index contributed by atoms with van der Waals surface area (Å²) >= 11 is 7.55. The minimum atomic E-state index is -0.342. The molecule has 0 unspecified atom stereocenters. The third-order valence-electron chi connectivity index (χ3n) is 3.12. The van der Waals surface area contributed by atoms with Crippen molar-refractivity contribution in [3.8, 4) is 5.69 Å². The highest BCUT2D eigenvalue weighted by Gasteiger charge is 2.22. The molecule has 0 saturated heterocycles. The number of hydrogen-bond donors (Lipinski definition) is 0. The molecule has 0 spiro atoms. The van der Waals surface area contributed by atoms with Crippen LogP contribution >= 0.6 is 23.4 Å². The zero-order valence-corrected chi connectivity index (χ0v) is 14.1. The number of aryl methyl sites for hydroxylation is 1. The summed E-state index contributed by atoms with van der Waals surface area (Å²) in [6.45, 7) is 7.71. The van der Waals surface area contributed by atoms with Gasteiger partial charge in [0.25, 0.3) is 0 Å². The predicted octanol–water partition coefficient (Wildman–Crippen LogP) is 3.94. The van der Waals surface area contributed by atoms with E-state index < -0.39 is 0 Å². The molecule has 1 aromatic carbocycles. The van der Waals surface area contributed by atoms with Gasteiger partial charge in [-0.2, -0.15) is 0 Å². The third-order valence-corrected chi connectivity index (χ3v) is 4.47. The average Bonchev–Trinajstić information content (AvgIpc) is 2.86. The molecule has 2 aromatic rings. The molecule has 2 rings (SSSR count). The smallest absolute Gasteiger partial charge is 0.196 e. The number of nitrogens with zero attached hydrogens (tertiary/aromatic N) is 3. The summed E-state index contributed by atoms with van der Waals surface area (Å²) < 4.78 is 1.84. The molecule has 112 valence electrons. The van der Waals surface area contributed by atoms with Crippen molar-refractivity contribution in [3.05, 3.63) is 35.1 Å². The lowest BCUT2D eigenvalue weighted by atomic mass is 9.92. The summed E-state index contributed by atoms with van der Waals surface area (Å²) in [4.78, 5) is 12.0. The Morgan fingerprint density at radius 3 is 2.71 bits per heavy atom. The van der Waals surface area contributed by atoms with E-state index in [1.165, 1.54) is 11.8 Å². The van der Waals surface area contributed by atoms with E-state index in [-0.39, 0.29) is 11.2 Å². The molecule has 0 saturated carbocycles. The van der Waals surface area contributed by atoms with Crippen LogP contribution in [-0.4, -0.2) is 26.3 Å². The third kappa shape index (κ3) is 3.86. The summed E-state index contributed by atoms with van der Waals surface area (Å²) in [5, 5.41) is 9.39. The summed E-state index contributed by atoms with van der Waals surface area (Å²) in [5.41, 5.74) is 1.57. The second kappa shape index (κ2) is 6.20. The van der Waals surface area contributed by atoms with Crippen molar-refractivity contribution in [2.45, 2.75) is 32.9 Å². The highest BCUT2D eigenvalue weighted by Crippen LogP contribution is 2.25. The molecular formula is C15H18ClN3OS. The van der Waals surface area contributed by atoms with Gasteiger partial charge in [0.1, 0.15) is 12.1 Å². The summed E-state index contributed by atoms with van der Waals surface area (Å²) in [7, 11) is 0. The fraction of sp³-hybridized carbons (Fsp3) is 0.400. The molecule has 0 aliphatic carbocycles. The number of hydrogen-bond acceptors (Lipinski definition) is 4. The first-order valence-corrected chi connectivity index (χ1v) is 7.98. The minimum absolute atomic E-state index is 0.184. The van der Waals surface area contributed by atoms with Gasteiger partial charge < -0.3 is 0 Å². The first kappa shape index (κ1) is 16.0. The van der Waals surface area contributed by atoms with Gasteiger partial charge in [-0.25, -0.2) is 0 Å². The Hall–Kier alpha value is -1.33. The van der Waals surface area contributed by atoms with Crippen LogP contribution in [0.15, 0.2) is 29.7 Å². The van der Waals surface area contributed by atoms with E-state index in [1.807, 2.05) is 50.5 Å². The molecule has 0 radical (unpaired) electrons. The van der Waals surface area contributed by atoms with Crippen LogP contribution in [0.5, 0.6) is 0 Å². The molecular weight excluding hydrogens is 306 g/mol. The van der Waals surface area contributed by atoms with E-state index >= 15 is 0 Å². The van der Waals surface area contributed by atoms with Crippen molar-refractivity contribution in [2.24, 2.45) is 5.41 Å². The molecule has 0 fully saturated rings. The van der Waals surface area contributed by atoms with Gasteiger partial charge in [0, 0.05) is 10.4 Å². The second-order valence-electron chi connectivity index (χ2n) is 5.88. The van der Waals surface area contributed by atoms with Gasteiger partial charge in [-0.3, -0.25) is 9.36 Å². The zero-order valence-electron chi connectivity index (χ0n) is 12.6. The number of Topliss-reactive ketones (excluding diaryl/α,β-unsaturated/α-hetero) is 1. The fourth-order valence-electron chi connectivity index (χ4n) is 1.58. The van der Waals surface area contributed by atoms with Gasteiger partial charge in [-0.1, -0.05) is 50.2 Å². The Bertz CT molecular complexity index is 661. The Kier molecular flexibility index (Phi) is 4.74. The number of aromatic nitrogens is 3. The van der Waals surface area contributed by atoms with Crippen molar-refractivity contribution in [2.75, 3.05) is 5.75 Å². The summed E-state index contributed by atoms with van der Waals surface area (Å²) in [6.07, 6.45) is 1.63. The quantitative estimate of drug-likeness (QED) is 0.800. The SMILES string of the molecule is Cc1ccc(-n2cnnc2SCC(=O)C(C)(C)C)cc1Cl. The van der Waals surface area contributed by atoms with Crippen LogP contribution in [0.25, 0.3) is 5.69 Å². The van der Waals surface area contributed by atoms with Gasteiger partial charge in [-0.15, -0.1) is 10.2 Å². The lowest BCUT2D eigenvalue weighted by molar-refractivity contribution is -0.123. The summed E-state index contributed by atoms with van der Waals surface area (Å²) in [5.74, 6) is 0.561. The Balaban J connectivity index is 2.19. The van der Waals surface area contributed by atoms with Gasteiger partial charge in [-0.05, 0) is 24.6 Å². The Morgan fingerprint density at radius 2 is 2.10 bits per heavy atom. The molecule has 0 N–H and O–H groups in total. The van der Waals surface area contributed by atoms with Crippen molar-refractivity contribution in [3.63, 3.8) is 0 Å². The number of benzene rings is 1. The van der Waals surface area contributed by atoms with E-state index in [0.29, 0.717) is 15.9 Å². The molecule has 0 aliphatic rings. The van der Waals surface area contributed by atoms with Gasteiger partial charge in [0.05, 0.1) is 11.4 Å². The maximum Gasteiger partial charge on any atom is 0.196 e. The molecule has 21 heavy (non-hydrogen) atoms. The number of rotatable bonds is 4. The Labute approximate surface area is 133 Å². The number of halogens is 1. The van der Waals surface area contributed by atoms with Gasteiger partial charge in [0.2, 0.25) is 0 Å². The molecule has 0 bridgehead atoms. The van der Waals surface area contributed by atoms with E-state index in [9.17, 15) is 4.79 Å². The minimum Gasteiger partial charge on any atom is -0.298 e. The molecule has 0 atom stereocenters. The molecule has 0 aliphatic heterocycles. The normalized spacial score (nSPS) is 11.7. The molecule has 0 amide bonds. The van der Waals surface area contributed by atoms with E-state index in [4.69, 9.17) is 11.6 Å². The van der Waals surface area contributed by atoms with Gasteiger partial charge in [0.15, 0.2) is 5.16 Å². The number of thioether (sulfide) groups is 1. The predicted molar refractivity (Wildman–Crippen MR) is 86.3 cm³/mol. The molecule has 4 nitrogen and oxygen atoms in total.